The molecule has 0 aromatic heterocycles. The molecule has 0 atom stereocenters. The minimum atomic E-state index is -0.173. The molecule has 0 aliphatic heterocycles. The van der Waals surface area contributed by atoms with Crippen LogP contribution in [0.1, 0.15) is 5.56 Å². The Labute approximate surface area is 157 Å². The number of methoxy groups -OCH3 is 2. The number of amides is 1. The lowest BCUT2D eigenvalue weighted by Crippen LogP contribution is -2.30. The van der Waals surface area contributed by atoms with Crippen molar-refractivity contribution in [3.05, 3.63) is 52.0 Å². The molecule has 134 valence electrons. The van der Waals surface area contributed by atoms with Crippen molar-refractivity contribution in [3.63, 3.8) is 0 Å². The van der Waals surface area contributed by atoms with Crippen LogP contribution in [0, 0.1) is 0 Å². The third-order valence-electron chi connectivity index (χ3n) is 3.54. The summed E-state index contributed by atoms with van der Waals surface area (Å²) in [6.45, 7) is 0.724. The summed E-state index contributed by atoms with van der Waals surface area (Å²) in [6.07, 6.45) is 0. The molecule has 2 rings (SSSR count). The average Bonchev–Trinajstić information content (AvgIpc) is 2.57. The summed E-state index contributed by atoms with van der Waals surface area (Å²) in [4.78, 5) is 14.1. The highest BCUT2D eigenvalue weighted by molar-refractivity contribution is 6.36. The molecule has 1 amide bonds. The van der Waals surface area contributed by atoms with E-state index in [1.807, 2.05) is 30.1 Å². The Morgan fingerprint density at radius 1 is 1.16 bits per heavy atom. The first-order chi connectivity index (χ1) is 11.9. The highest BCUT2D eigenvalue weighted by Crippen LogP contribution is 2.31. The molecular weight excluding hydrogens is 363 g/mol. The van der Waals surface area contributed by atoms with Crippen LogP contribution in [0.25, 0.3) is 0 Å². The molecule has 1 N–H and O–H groups in total. The van der Waals surface area contributed by atoms with Crippen molar-refractivity contribution >= 4 is 34.8 Å². The maximum Gasteiger partial charge on any atom is 0.238 e. The molecule has 2 aromatic carbocycles. The maximum absolute atomic E-state index is 12.2. The van der Waals surface area contributed by atoms with Gasteiger partial charge in [0, 0.05) is 17.1 Å². The van der Waals surface area contributed by atoms with Crippen molar-refractivity contribution in [3.8, 4) is 11.5 Å². The van der Waals surface area contributed by atoms with E-state index in [0.717, 1.165) is 5.56 Å². The molecule has 0 saturated heterocycles. The largest absolute Gasteiger partial charge is 0.493 e. The summed E-state index contributed by atoms with van der Waals surface area (Å²) in [5, 5.41) is 3.70. The van der Waals surface area contributed by atoms with Gasteiger partial charge in [0.1, 0.15) is 0 Å². The zero-order valence-corrected chi connectivity index (χ0v) is 15.8. The van der Waals surface area contributed by atoms with Crippen molar-refractivity contribution in [2.24, 2.45) is 0 Å². The van der Waals surface area contributed by atoms with Crippen molar-refractivity contribution in [2.45, 2.75) is 6.54 Å². The predicted molar refractivity (Wildman–Crippen MR) is 101 cm³/mol. The van der Waals surface area contributed by atoms with Crippen molar-refractivity contribution in [2.75, 3.05) is 33.1 Å². The first-order valence-corrected chi connectivity index (χ1v) is 8.33. The molecule has 0 saturated carbocycles. The van der Waals surface area contributed by atoms with Crippen LogP contribution in [-0.2, 0) is 11.3 Å². The summed E-state index contributed by atoms with van der Waals surface area (Å²) in [5.74, 6) is 1.15. The van der Waals surface area contributed by atoms with Gasteiger partial charge in [-0.25, -0.2) is 0 Å². The van der Waals surface area contributed by atoms with Gasteiger partial charge in [-0.2, -0.15) is 0 Å². The zero-order valence-electron chi connectivity index (χ0n) is 14.3. The number of benzene rings is 2. The van der Waals surface area contributed by atoms with Gasteiger partial charge in [0.15, 0.2) is 11.5 Å². The first kappa shape index (κ1) is 19.4. The van der Waals surface area contributed by atoms with Crippen molar-refractivity contribution in [1.82, 2.24) is 4.90 Å². The van der Waals surface area contributed by atoms with E-state index in [-0.39, 0.29) is 12.5 Å². The standard InChI is InChI=1S/C18H20Cl2N2O3/c1-22(10-12-5-4-6-16(24-2)18(12)25-3)11-17(23)21-15-8-7-13(19)9-14(15)20/h4-9H,10-11H2,1-3H3,(H,21,23). The summed E-state index contributed by atoms with van der Waals surface area (Å²) < 4.78 is 10.7. The normalized spacial score (nSPS) is 10.6. The van der Waals surface area contributed by atoms with Gasteiger partial charge < -0.3 is 14.8 Å². The number of nitrogens with one attached hydrogen (secondary N) is 1. The van der Waals surface area contributed by atoms with Gasteiger partial charge in [0.25, 0.3) is 0 Å². The summed E-state index contributed by atoms with van der Waals surface area (Å²) in [5.41, 5.74) is 1.46. The molecule has 25 heavy (non-hydrogen) atoms. The van der Waals surface area contributed by atoms with Gasteiger partial charge >= 0.3 is 0 Å². The number of likely N-dealkylation sites (N-methyl/N-ethyl adjacent to an activating group) is 1. The Balaban J connectivity index is 2.00. The fourth-order valence-corrected chi connectivity index (χ4v) is 2.91. The lowest BCUT2D eigenvalue weighted by atomic mass is 10.1. The predicted octanol–water partition coefficient (Wildman–Crippen LogP) is 4.08. The van der Waals surface area contributed by atoms with Crippen LogP contribution in [0.5, 0.6) is 11.5 Å². The SMILES string of the molecule is COc1cccc(CN(C)CC(=O)Nc2ccc(Cl)cc2Cl)c1OC. The van der Waals surface area contributed by atoms with Crippen LogP contribution in [0.4, 0.5) is 5.69 Å². The average molecular weight is 383 g/mol. The molecule has 7 heteroatoms. The Bertz CT molecular complexity index is 753. The van der Waals surface area contributed by atoms with Gasteiger partial charge in [0.2, 0.25) is 5.91 Å². The van der Waals surface area contributed by atoms with E-state index in [1.165, 1.54) is 0 Å². The molecule has 0 spiro atoms. The van der Waals surface area contributed by atoms with Gasteiger partial charge in [-0.15, -0.1) is 0 Å². The van der Waals surface area contributed by atoms with Crippen LogP contribution in [0.15, 0.2) is 36.4 Å². The molecule has 0 unspecified atom stereocenters. The maximum atomic E-state index is 12.2. The monoisotopic (exact) mass is 382 g/mol. The van der Waals surface area contributed by atoms with Crippen LogP contribution < -0.4 is 14.8 Å². The highest BCUT2D eigenvalue weighted by Gasteiger charge is 2.14. The summed E-state index contributed by atoms with van der Waals surface area (Å²) >= 11 is 11.9. The van der Waals surface area contributed by atoms with E-state index in [2.05, 4.69) is 5.32 Å². The van der Waals surface area contributed by atoms with Crippen LogP contribution in [-0.4, -0.2) is 38.6 Å². The lowest BCUT2D eigenvalue weighted by Gasteiger charge is -2.19. The number of halogens is 2. The van der Waals surface area contributed by atoms with E-state index in [1.54, 1.807) is 32.4 Å². The number of ether oxygens (including phenoxy) is 2. The molecule has 0 aliphatic rings. The van der Waals surface area contributed by atoms with E-state index in [9.17, 15) is 4.79 Å². The number of rotatable bonds is 7. The van der Waals surface area contributed by atoms with E-state index in [0.29, 0.717) is 33.8 Å². The Morgan fingerprint density at radius 3 is 2.56 bits per heavy atom. The topological polar surface area (TPSA) is 50.8 Å². The number of para-hydroxylation sites is 1. The number of anilines is 1. The molecule has 5 nitrogen and oxygen atoms in total. The molecule has 0 fully saturated rings. The summed E-state index contributed by atoms with van der Waals surface area (Å²) in [7, 11) is 5.03. The zero-order chi connectivity index (χ0) is 18.4. The molecule has 0 radical (unpaired) electrons. The van der Waals surface area contributed by atoms with Crippen LogP contribution >= 0.6 is 23.2 Å². The second-order valence-corrected chi connectivity index (χ2v) is 6.34. The van der Waals surface area contributed by atoms with Crippen LogP contribution in [0.3, 0.4) is 0 Å². The van der Waals surface area contributed by atoms with Crippen molar-refractivity contribution in [1.29, 1.82) is 0 Å². The lowest BCUT2D eigenvalue weighted by molar-refractivity contribution is -0.117. The number of hydrogen-bond donors (Lipinski definition) is 1. The quantitative estimate of drug-likeness (QED) is 0.783. The Morgan fingerprint density at radius 2 is 1.92 bits per heavy atom. The minimum absolute atomic E-state index is 0.173. The highest BCUT2D eigenvalue weighted by atomic mass is 35.5. The number of hydrogen-bond acceptors (Lipinski definition) is 4. The Hall–Kier alpha value is -1.95. The third kappa shape index (κ3) is 5.26. The smallest absolute Gasteiger partial charge is 0.238 e. The molecule has 2 aromatic rings. The van der Waals surface area contributed by atoms with E-state index >= 15 is 0 Å². The van der Waals surface area contributed by atoms with Gasteiger partial charge in [0.05, 0.1) is 31.5 Å². The summed E-state index contributed by atoms with van der Waals surface area (Å²) in [6, 6.07) is 10.6. The second kappa shape index (κ2) is 8.94. The molecular formula is C18H20Cl2N2O3. The van der Waals surface area contributed by atoms with E-state index in [4.69, 9.17) is 32.7 Å². The van der Waals surface area contributed by atoms with Gasteiger partial charge in [-0.05, 0) is 31.3 Å². The minimum Gasteiger partial charge on any atom is -0.493 e. The number of nitrogens with zero attached hydrogens (tertiary/aromatic N) is 1. The second-order valence-electron chi connectivity index (χ2n) is 5.50. The van der Waals surface area contributed by atoms with E-state index < -0.39 is 0 Å². The first-order valence-electron chi connectivity index (χ1n) is 7.58. The van der Waals surface area contributed by atoms with Gasteiger partial charge in [-0.1, -0.05) is 35.3 Å². The Kier molecular flexibility index (Phi) is 6.93. The molecule has 0 bridgehead atoms. The molecule has 0 heterocycles. The fraction of sp³-hybridized carbons (Fsp3) is 0.278. The fourth-order valence-electron chi connectivity index (χ4n) is 2.45. The van der Waals surface area contributed by atoms with Gasteiger partial charge in [-0.3, -0.25) is 9.69 Å². The van der Waals surface area contributed by atoms with Crippen molar-refractivity contribution < 1.29 is 14.3 Å². The number of carbonyl (C=O) groups is 1. The third-order valence-corrected chi connectivity index (χ3v) is 4.09. The van der Waals surface area contributed by atoms with Crippen LogP contribution in [0.2, 0.25) is 10.0 Å². The molecule has 0 aliphatic carbocycles. The number of carbonyl (C=O) groups excluding carboxylic acids is 1.